The third kappa shape index (κ3) is 4.44. The number of hydrogen-bond donors (Lipinski definition) is 0. The van der Waals surface area contributed by atoms with Crippen molar-refractivity contribution in [2.75, 3.05) is 18.1 Å². The predicted molar refractivity (Wildman–Crippen MR) is 135 cm³/mol. The summed E-state index contributed by atoms with van der Waals surface area (Å²) in [5.41, 5.74) is 3.34. The fraction of sp³-hybridized carbons (Fsp3) is 0.154. The average Bonchev–Trinajstić information content (AvgIpc) is 3.05. The highest BCUT2D eigenvalue weighted by atomic mass is 35.5. The molecule has 1 heterocycles. The van der Waals surface area contributed by atoms with Crippen molar-refractivity contribution in [2.45, 2.75) is 13.8 Å². The molecule has 6 nitrogen and oxygen atoms in total. The second-order valence-electron chi connectivity index (χ2n) is 7.81. The van der Waals surface area contributed by atoms with Gasteiger partial charge in [-0.05, 0) is 73.6 Å². The standard InChI is InChI=1S/C26H21ClN2O4S/c1-16-6-5-7-17(2)22(16)25(32)29(19-12-10-18(27)11-13-19)26(34)33-15-14-28-23(30)20-8-3-4-9-21(20)24(28)31/h3-13H,14-15H2,1-2H3. The summed E-state index contributed by atoms with van der Waals surface area (Å²) in [6, 6.07) is 18.9. The van der Waals surface area contributed by atoms with Crippen LogP contribution < -0.4 is 4.90 Å². The molecule has 3 aromatic rings. The van der Waals surface area contributed by atoms with Crippen molar-refractivity contribution in [3.8, 4) is 0 Å². The van der Waals surface area contributed by atoms with Gasteiger partial charge in [-0.15, -0.1) is 0 Å². The molecular formula is C26H21ClN2O4S. The number of imide groups is 1. The van der Waals surface area contributed by atoms with Gasteiger partial charge < -0.3 is 4.74 Å². The Balaban J connectivity index is 1.54. The first-order valence-electron chi connectivity index (χ1n) is 10.6. The molecule has 0 radical (unpaired) electrons. The molecule has 0 saturated carbocycles. The highest BCUT2D eigenvalue weighted by molar-refractivity contribution is 7.80. The van der Waals surface area contributed by atoms with E-state index in [1.165, 1.54) is 4.90 Å². The van der Waals surface area contributed by atoms with Crippen LogP contribution in [-0.4, -0.2) is 40.9 Å². The van der Waals surface area contributed by atoms with E-state index < -0.39 is 0 Å². The molecule has 34 heavy (non-hydrogen) atoms. The van der Waals surface area contributed by atoms with Gasteiger partial charge >= 0.3 is 0 Å². The number of thiocarbonyl (C=S) groups is 1. The number of carbonyl (C=O) groups is 3. The van der Waals surface area contributed by atoms with Crippen LogP contribution in [0, 0.1) is 13.8 Å². The molecule has 0 aliphatic carbocycles. The molecule has 0 bridgehead atoms. The van der Waals surface area contributed by atoms with Crippen molar-refractivity contribution in [3.05, 3.63) is 99.6 Å². The molecule has 3 amide bonds. The topological polar surface area (TPSA) is 66.9 Å². The van der Waals surface area contributed by atoms with Crippen LogP contribution in [0.2, 0.25) is 5.02 Å². The van der Waals surface area contributed by atoms with Gasteiger partial charge in [0.05, 0.1) is 23.4 Å². The van der Waals surface area contributed by atoms with Crippen molar-refractivity contribution >= 4 is 52.4 Å². The van der Waals surface area contributed by atoms with Gasteiger partial charge in [-0.2, -0.15) is 0 Å². The third-order valence-corrected chi connectivity index (χ3v) is 6.14. The minimum atomic E-state index is -0.378. The minimum Gasteiger partial charge on any atom is -0.468 e. The van der Waals surface area contributed by atoms with Crippen LogP contribution in [0.15, 0.2) is 66.7 Å². The number of hydrogen-bond acceptors (Lipinski definition) is 5. The molecule has 0 saturated heterocycles. The highest BCUT2D eigenvalue weighted by Gasteiger charge is 2.35. The van der Waals surface area contributed by atoms with E-state index in [1.54, 1.807) is 48.5 Å². The Morgan fingerprint density at radius 3 is 2.03 bits per heavy atom. The van der Waals surface area contributed by atoms with Gasteiger partial charge in [-0.25, -0.2) is 4.90 Å². The number of amides is 3. The van der Waals surface area contributed by atoms with Crippen molar-refractivity contribution in [1.29, 1.82) is 0 Å². The van der Waals surface area contributed by atoms with Crippen LogP contribution >= 0.6 is 23.8 Å². The quantitative estimate of drug-likeness (QED) is 0.361. The number of aryl methyl sites for hydroxylation is 2. The van der Waals surface area contributed by atoms with Gasteiger partial charge in [0.25, 0.3) is 22.9 Å². The Labute approximate surface area is 207 Å². The molecule has 0 atom stereocenters. The Morgan fingerprint density at radius 1 is 0.912 bits per heavy atom. The van der Waals surface area contributed by atoms with Crippen LogP contribution in [0.1, 0.15) is 42.2 Å². The zero-order valence-corrected chi connectivity index (χ0v) is 20.2. The average molecular weight is 493 g/mol. The second-order valence-corrected chi connectivity index (χ2v) is 8.59. The van der Waals surface area contributed by atoms with E-state index >= 15 is 0 Å². The fourth-order valence-corrected chi connectivity index (χ4v) is 4.29. The lowest BCUT2D eigenvalue weighted by Crippen LogP contribution is -2.40. The molecule has 8 heteroatoms. The zero-order valence-electron chi connectivity index (χ0n) is 18.6. The van der Waals surface area contributed by atoms with E-state index in [-0.39, 0.29) is 36.0 Å². The van der Waals surface area contributed by atoms with E-state index in [1.807, 2.05) is 32.0 Å². The van der Waals surface area contributed by atoms with E-state index in [4.69, 9.17) is 28.6 Å². The molecule has 172 valence electrons. The number of rotatable bonds is 5. The molecule has 0 N–H and O–H groups in total. The minimum absolute atomic E-state index is 0.00146. The SMILES string of the molecule is Cc1cccc(C)c1C(=O)N(C(=S)OCCN1C(=O)c2ccccc2C1=O)c1ccc(Cl)cc1. The van der Waals surface area contributed by atoms with E-state index in [0.29, 0.717) is 27.4 Å². The molecular weight excluding hydrogens is 472 g/mol. The number of fused-ring (bicyclic) bond motifs is 1. The maximum atomic E-state index is 13.6. The summed E-state index contributed by atoms with van der Waals surface area (Å²) in [5.74, 6) is -1.10. The monoisotopic (exact) mass is 492 g/mol. The summed E-state index contributed by atoms with van der Waals surface area (Å²) in [4.78, 5) is 41.2. The van der Waals surface area contributed by atoms with Crippen LogP contribution in [0.5, 0.6) is 0 Å². The van der Waals surface area contributed by atoms with E-state index in [0.717, 1.165) is 16.0 Å². The Bertz CT molecular complexity index is 1250. The second kappa shape index (κ2) is 9.75. The van der Waals surface area contributed by atoms with Crippen molar-refractivity contribution < 1.29 is 19.1 Å². The van der Waals surface area contributed by atoms with E-state index in [9.17, 15) is 14.4 Å². The number of halogens is 1. The van der Waals surface area contributed by atoms with Gasteiger partial charge in [-0.1, -0.05) is 41.9 Å². The fourth-order valence-electron chi connectivity index (χ4n) is 3.89. The van der Waals surface area contributed by atoms with Crippen LogP contribution in [0.3, 0.4) is 0 Å². The Morgan fingerprint density at radius 2 is 1.47 bits per heavy atom. The number of ether oxygens (including phenoxy) is 1. The van der Waals surface area contributed by atoms with Gasteiger partial charge in [0.1, 0.15) is 6.61 Å². The summed E-state index contributed by atoms with van der Waals surface area (Å²) in [5, 5.41) is 0.423. The lowest BCUT2D eigenvalue weighted by Gasteiger charge is -2.25. The molecule has 1 aliphatic heterocycles. The van der Waals surface area contributed by atoms with Gasteiger partial charge in [0.2, 0.25) is 0 Å². The van der Waals surface area contributed by atoms with Crippen LogP contribution in [0.25, 0.3) is 0 Å². The van der Waals surface area contributed by atoms with Gasteiger partial charge in [0.15, 0.2) is 0 Å². The molecule has 1 aliphatic rings. The van der Waals surface area contributed by atoms with Crippen LogP contribution in [-0.2, 0) is 4.74 Å². The Kier molecular flexibility index (Phi) is 6.77. The highest BCUT2D eigenvalue weighted by Crippen LogP contribution is 2.25. The molecule has 3 aromatic carbocycles. The summed E-state index contributed by atoms with van der Waals surface area (Å²) in [6.07, 6.45) is 0. The first-order chi connectivity index (χ1) is 16.3. The number of anilines is 1. The Hall–Kier alpha value is -3.55. The number of benzene rings is 3. The zero-order chi connectivity index (χ0) is 24.4. The third-order valence-electron chi connectivity index (χ3n) is 5.58. The normalized spacial score (nSPS) is 12.5. The molecule has 0 spiro atoms. The van der Waals surface area contributed by atoms with Crippen LogP contribution in [0.4, 0.5) is 5.69 Å². The van der Waals surface area contributed by atoms with Crippen molar-refractivity contribution in [3.63, 3.8) is 0 Å². The molecule has 4 rings (SSSR count). The smallest absolute Gasteiger partial charge is 0.271 e. The maximum Gasteiger partial charge on any atom is 0.271 e. The molecule has 0 fully saturated rings. The molecule has 0 aromatic heterocycles. The van der Waals surface area contributed by atoms with Gasteiger partial charge in [-0.3, -0.25) is 19.3 Å². The lowest BCUT2D eigenvalue weighted by atomic mass is 10.0. The van der Waals surface area contributed by atoms with Crippen molar-refractivity contribution in [2.24, 2.45) is 0 Å². The number of nitrogens with zero attached hydrogens (tertiary/aromatic N) is 2. The van der Waals surface area contributed by atoms with E-state index in [2.05, 4.69) is 0 Å². The van der Waals surface area contributed by atoms with Crippen molar-refractivity contribution in [1.82, 2.24) is 4.90 Å². The largest absolute Gasteiger partial charge is 0.468 e. The maximum absolute atomic E-state index is 13.6. The summed E-state index contributed by atoms with van der Waals surface area (Å²) < 4.78 is 5.73. The first kappa shape index (κ1) is 23.6. The predicted octanol–water partition coefficient (Wildman–Crippen LogP) is 5.20. The summed E-state index contributed by atoms with van der Waals surface area (Å²) in [6.45, 7) is 3.64. The first-order valence-corrected chi connectivity index (χ1v) is 11.4. The molecule has 0 unspecified atom stereocenters. The summed E-state index contributed by atoms with van der Waals surface area (Å²) >= 11 is 11.5. The van der Waals surface area contributed by atoms with Gasteiger partial charge in [0, 0.05) is 10.6 Å². The number of carbonyl (C=O) groups excluding carboxylic acids is 3. The summed E-state index contributed by atoms with van der Waals surface area (Å²) in [7, 11) is 0. The lowest BCUT2D eigenvalue weighted by molar-refractivity contribution is 0.0627.